The number of nitrogens with zero attached hydrogens (tertiary/aromatic N) is 2. The summed E-state index contributed by atoms with van der Waals surface area (Å²) in [7, 11) is 0. The van der Waals surface area contributed by atoms with Crippen molar-refractivity contribution in [2.24, 2.45) is 0 Å². The van der Waals surface area contributed by atoms with Crippen molar-refractivity contribution in [2.75, 3.05) is 0 Å². The number of carboxylic acid groups (broad SMARTS) is 1. The van der Waals surface area contributed by atoms with Crippen molar-refractivity contribution < 1.29 is 9.90 Å². The fraction of sp³-hybridized carbons (Fsp3) is 0.357. The average molecular weight is 276 g/mol. The second-order valence-electron chi connectivity index (χ2n) is 4.25. The zero-order chi connectivity index (χ0) is 13.7. The summed E-state index contributed by atoms with van der Waals surface area (Å²) in [6.07, 6.45) is 4.34. The number of hydrogen-bond acceptors (Lipinski definition) is 4. The molecule has 0 unspecified atom stereocenters. The number of carbonyl (C=O) groups is 1. The maximum absolute atomic E-state index is 10.7. The Morgan fingerprint density at radius 2 is 2.21 bits per heavy atom. The first kappa shape index (κ1) is 13.7. The number of carboxylic acids is 1. The number of hydrogen-bond donors (Lipinski definition) is 1. The molecule has 2 heterocycles. The number of pyridine rings is 1. The highest BCUT2D eigenvalue weighted by Crippen LogP contribution is 2.28. The first-order valence-corrected chi connectivity index (χ1v) is 7.14. The summed E-state index contributed by atoms with van der Waals surface area (Å²) in [5.41, 5.74) is 1.88. The van der Waals surface area contributed by atoms with Gasteiger partial charge in [0.25, 0.3) is 0 Å². The molecule has 0 radical (unpaired) electrons. The summed E-state index contributed by atoms with van der Waals surface area (Å²) in [6.45, 7) is 2.10. The van der Waals surface area contributed by atoms with E-state index in [1.54, 1.807) is 17.5 Å². The molecule has 0 atom stereocenters. The van der Waals surface area contributed by atoms with E-state index in [0.29, 0.717) is 6.42 Å². The van der Waals surface area contributed by atoms with Gasteiger partial charge in [0.05, 0.1) is 17.8 Å². The molecule has 0 amide bonds. The van der Waals surface area contributed by atoms with Gasteiger partial charge in [0.2, 0.25) is 0 Å². The van der Waals surface area contributed by atoms with Gasteiger partial charge in [0, 0.05) is 11.1 Å². The second-order valence-corrected chi connectivity index (χ2v) is 5.33. The molecule has 0 fully saturated rings. The van der Waals surface area contributed by atoms with E-state index in [-0.39, 0.29) is 6.42 Å². The molecule has 1 N–H and O–H groups in total. The van der Waals surface area contributed by atoms with Crippen LogP contribution in [0.1, 0.15) is 30.3 Å². The number of rotatable bonds is 6. The largest absolute Gasteiger partial charge is 0.481 e. The molecule has 19 heavy (non-hydrogen) atoms. The number of thiazole rings is 1. The lowest BCUT2D eigenvalue weighted by Gasteiger charge is -1.97. The van der Waals surface area contributed by atoms with E-state index in [2.05, 4.69) is 16.9 Å². The van der Waals surface area contributed by atoms with Gasteiger partial charge < -0.3 is 5.11 Å². The van der Waals surface area contributed by atoms with Gasteiger partial charge in [0.15, 0.2) is 0 Å². The van der Waals surface area contributed by atoms with Crippen molar-refractivity contribution in [3.63, 3.8) is 0 Å². The molecule has 0 spiro atoms. The van der Waals surface area contributed by atoms with Crippen LogP contribution in [0.3, 0.4) is 0 Å². The van der Waals surface area contributed by atoms with Gasteiger partial charge in [-0.3, -0.25) is 9.78 Å². The summed E-state index contributed by atoms with van der Waals surface area (Å²) in [6, 6.07) is 5.73. The maximum atomic E-state index is 10.7. The molecule has 0 saturated carbocycles. The minimum absolute atomic E-state index is 0.153. The van der Waals surface area contributed by atoms with Crippen molar-refractivity contribution in [3.05, 3.63) is 35.0 Å². The predicted molar refractivity (Wildman–Crippen MR) is 75.3 cm³/mol. The molecule has 5 heteroatoms. The van der Waals surface area contributed by atoms with Crippen LogP contribution in [0.25, 0.3) is 10.7 Å². The van der Waals surface area contributed by atoms with Crippen LogP contribution in [0.4, 0.5) is 0 Å². The highest BCUT2D eigenvalue weighted by atomic mass is 32.1. The molecule has 100 valence electrons. The van der Waals surface area contributed by atoms with Crippen LogP contribution in [0.15, 0.2) is 24.4 Å². The fourth-order valence-electron chi connectivity index (χ4n) is 1.83. The number of aliphatic carboxylic acids is 1. The monoisotopic (exact) mass is 276 g/mol. The molecule has 2 aromatic heterocycles. The van der Waals surface area contributed by atoms with E-state index in [9.17, 15) is 4.79 Å². The van der Waals surface area contributed by atoms with Crippen LogP contribution in [-0.2, 0) is 17.6 Å². The first-order valence-electron chi connectivity index (χ1n) is 6.32. The van der Waals surface area contributed by atoms with E-state index in [4.69, 9.17) is 5.11 Å². The van der Waals surface area contributed by atoms with Gasteiger partial charge in [-0.2, -0.15) is 0 Å². The minimum Gasteiger partial charge on any atom is -0.481 e. The Hall–Kier alpha value is -1.75. The second kappa shape index (κ2) is 6.43. The third-order valence-electron chi connectivity index (χ3n) is 2.71. The van der Waals surface area contributed by atoms with Crippen LogP contribution >= 0.6 is 11.3 Å². The van der Waals surface area contributed by atoms with Crippen LogP contribution in [-0.4, -0.2) is 21.0 Å². The Morgan fingerprint density at radius 1 is 1.37 bits per heavy atom. The molecule has 4 nitrogen and oxygen atoms in total. The van der Waals surface area contributed by atoms with Crippen molar-refractivity contribution in [1.82, 2.24) is 9.97 Å². The quantitative estimate of drug-likeness (QED) is 0.880. The summed E-state index contributed by atoms with van der Waals surface area (Å²) in [5, 5.41) is 9.67. The van der Waals surface area contributed by atoms with Crippen LogP contribution < -0.4 is 0 Å². The molecule has 0 aliphatic rings. The highest BCUT2D eigenvalue weighted by Gasteiger charge is 2.13. The molecule has 0 saturated heterocycles. The highest BCUT2D eigenvalue weighted by molar-refractivity contribution is 7.15. The zero-order valence-corrected chi connectivity index (χ0v) is 11.6. The topological polar surface area (TPSA) is 63.1 Å². The molecule has 2 rings (SSSR count). The smallest absolute Gasteiger partial charge is 0.303 e. The van der Waals surface area contributed by atoms with Gasteiger partial charge in [-0.05, 0) is 25.0 Å². The lowest BCUT2D eigenvalue weighted by molar-refractivity contribution is -0.136. The normalized spacial score (nSPS) is 10.6. The molecular formula is C14H16N2O2S. The zero-order valence-electron chi connectivity index (χ0n) is 10.8. The minimum atomic E-state index is -0.768. The van der Waals surface area contributed by atoms with E-state index >= 15 is 0 Å². The lowest BCUT2D eigenvalue weighted by atomic mass is 10.2. The summed E-state index contributed by atoms with van der Waals surface area (Å²) in [5.74, 6) is -0.768. The van der Waals surface area contributed by atoms with Gasteiger partial charge in [-0.15, -0.1) is 11.3 Å². The number of aryl methyl sites for hydroxylation is 2. The summed E-state index contributed by atoms with van der Waals surface area (Å²) < 4.78 is 0. The Labute approximate surface area is 116 Å². The van der Waals surface area contributed by atoms with Crippen molar-refractivity contribution in [1.29, 1.82) is 0 Å². The SMILES string of the molecule is CCCc1nc(-c2ccccn2)sc1CCC(=O)O. The van der Waals surface area contributed by atoms with E-state index in [1.807, 2.05) is 18.2 Å². The Balaban J connectivity index is 2.26. The third-order valence-corrected chi connectivity index (χ3v) is 3.89. The van der Waals surface area contributed by atoms with E-state index in [1.165, 1.54) is 0 Å². The molecule has 2 aromatic rings. The van der Waals surface area contributed by atoms with E-state index < -0.39 is 5.97 Å². The van der Waals surface area contributed by atoms with Crippen molar-refractivity contribution >= 4 is 17.3 Å². The van der Waals surface area contributed by atoms with Gasteiger partial charge in [-0.25, -0.2) is 4.98 Å². The lowest BCUT2D eigenvalue weighted by Crippen LogP contribution is -1.98. The van der Waals surface area contributed by atoms with Crippen LogP contribution in [0.5, 0.6) is 0 Å². The van der Waals surface area contributed by atoms with Gasteiger partial charge >= 0.3 is 5.97 Å². The Bertz CT molecular complexity index is 552. The standard InChI is InChI=1S/C14H16N2O2S/c1-2-5-10-12(7-8-13(17)18)19-14(16-10)11-6-3-4-9-15-11/h3-4,6,9H,2,5,7-8H2,1H3,(H,17,18). The van der Waals surface area contributed by atoms with Crippen molar-refractivity contribution in [2.45, 2.75) is 32.6 Å². The Morgan fingerprint density at radius 3 is 2.84 bits per heavy atom. The molecule has 0 aliphatic carbocycles. The van der Waals surface area contributed by atoms with Crippen LogP contribution in [0.2, 0.25) is 0 Å². The molecule has 0 aromatic carbocycles. The fourth-order valence-corrected chi connectivity index (χ4v) is 2.91. The average Bonchev–Trinajstić information content (AvgIpc) is 2.81. The summed E-state index contributed by atoms with van der Waals surface area (Å²) >= 11 is 1.56. The third kappa shape index (κ3) is 3.61. The predicted octanol–water partition coefficient (Wildman–Crippen LogP) is 3.17. The van der Waals surface area contributed by atoms with Crippen LogP contribution in [0, 0.1) is 0 Å². The van der Waals surface area contributed by atoms with Gasteiger partial charge in [0.1, 0.15) is 5.01 Å². The van der Waals surface area contributed by atoms with E-state index in [0.717, 1.165) is 34.1 Å². The Kier molecular flexibility index (Phi) is 4.63. The number of aromatic nitrogens is 2. The van der Waals surface area contributed by atoms with Crippen molar-refractivity contribution in [3.8, 4) is 10.7 Å². The molecule has 0 aliphatic heterocycles. The summed E-state index contributed by atoms with van der Waals surface area (Å²) in [4.78, 5) is 20.7. The molecule has 0 bridgehead atoms. The van der Waals surface area contributed by atoms with Gasteiger partial charge in [-0.1, -0.05) is 19.4 Å². The maximum Gasteiger partial charge on any atom is 0.303 e. The first-order chi connectivity index (χ1) is 9.20. The molecular weight excluding hydrogens is 260 g/mol.